The van der Waals surface area contributed by atoms with Gasteiger partial charge in [0, 0.05) is 19.1 Å². The summed E-state index contributed by atoms with van der Waals surface area (Å²) in [7, 11) is 2.80. The van der Waals surface area contributed by atoms with Gasteiger partial charge in [0.05, 0.1) is 0 Å². The fraction of sp³-hybridized carbons (Fsp3) is 1.00. The minimum Gasteiger partial charge on any atom is -0.328 e. The van der Waals surface area contributed by atoms with Crippen molar-refractivity contribution in [2.75, 3.05) is 13.1 Å². The Labute approximate surface area is 78.1 Å². The van der Waals surface area contributed by atoms with Crippen LogP contribution in [0.1, 0.15) is 33.1 Å². The van der Waals surface area contributed by atoms with Gasteiger partial charge in [-0.2, -0.15) is 0 Å². The first-order chi connectivity index (χ1) is 5.56. The molecular weight excluding hydrogens is 167 g/mol. The van der Waals surface area contributed by atoms with Crippen LogP contribution < -0.4 is 5.73 Å². The quantitative estimate of drug-likeness (QED) is 0.633. The highest BCUT2D eigenvalue weighted by molar-refractivity contribution is 7.13. The summed E-state index contributed by atoms with van der Waals surface area (Å²) in [5, 5.41) is 0. The molecule has 0 aliphatic carbocycles. The van der Waals surface area contributed by atoms with E-state index in [1.807, 2.05) is 0 Å². The summed E-state index contributed by atoms with van der Waals surface area (Å²) in [5.74, 6) is 0. The van der Waals surface area contributed by atoms with Gasteiger partial charge in [0.25, 0.3) is 0 Å². The van der Waals surface area contributed by atoms with Crippen LogP contribution in [0.15, 0.2) is 0 Å². The molecule has 0 aromatic heterocycles. The number of nitrogens with two attached hydrogens (primary N) is 1. The lowest BCUT2D eigenvalue weighted by atomic mass is 9.82. The second-order valence-corrected chi connectivity index (χ2v) is 5.12. The average Bonchev–Trinajstić information content (AvgIpc) is 2.11. The molecule has 12 heavy (non-hydrogen) atoms. The van der Waals surface area contributed by atoms with E-state index in [1.54, 1.807) is 0 Å². The van der Waals surface area contributed by atoms with Crippen LogP contribution in [-0.4, -0.2) is 23.8 Å². The monoisotopic (exact) mass is 188 g/mol. The van der Waals surface area contributed by atoms with Crippen molar-refractivity contribution in [1.82, 2.24) is 4.67 Å². The molecule has 3 atom stereocenters. The summed E-state index contributed by atoms with van der Waals surface area (Å²) in [5.41, 5.74) is 6.44. The van der Waals surface area contributed by atoms with Crippen LogP contribution in [0, 0.1) is 5.41 Å². The highest BCUT2D eigenvalue weighted by Gasteiger charge is 2.29. The van der Waals surface area contributed by atoms with Crippen LogP contribution >= 0.6 is 9.39 Å². The molecule has 1 rings (SSSR count). The summed E-state index contributed by atoms with van der Waals surface area (Å²) in [6.45, 7) is 6.90. The van der Waals surface area contributed by atoms with Crippen molar-refractivity contribution in [3.05, 3.63) is 0 Å². The Morgan fingerprint density at radius 1 is 1.67 bits per heavy atom. The van der Waals surface area contributed by atoms with Gasteiger partial charge in [0.2, 0.25) is 0 Å². The van der Waals surface area contributed by atoms with Crippen molar-refractivity contribution in [2.45, 2.75) is 39.2 Å². The molecule has 0 aromatic carbocycles. The molecule has 0 amide bonds. The SMILES string of the molecule is CCC1(C)CC(N)CCN(P)C1. The second kappa shape index (κ2) is 4.04. The molecule has 72 valence electrons. The van der Waals surface area contributed by atoms with Crippen molar-refractivity contribution in [1.29, 1.82) is 0 Å². The van der Waals surface area contributed by atoms with Crippen molar-refractivity contribution in [2.24, 2.45) is 11.1 Å². The number of rotatable bonds is 1. The Kier molecular flexibility index (Phi) is 3.51. The van der Waals surface area contributed by atoms with E-state index in [0.717, 1.165) is 13.0 Å². The molecule has 0 bridgehead atoms. The summed E-state index contributed by atoms with van der Waals surface area (Å²) >= 11 is 0. The fourth-order valence-corrected chi connectivity index (χ4v) is 2.55. The van der Waals surface area contributed by atoms with Crippen molar-refractivity contribution < 1.29 is 0 Å². The molecule has 2 nitrogen and oxygen atoms in total. The Morgan fingerprint density at radius 3 is 2.92 bits per heavy atom. The molecular formula is C9H21N2P. The normalized spacial score (nSPS) is 39.5. The molecule has 1 fully saturated rings. The van der Waals surface area contributed by atoms with Gasteiger partial charge in [0.1, 0.15) is 0 Å². The maximum atomic E-state index is 6.01. The zero-order valence-electron chi connectivity index (χ0n) is 8.21. The largest absolute Gasteiger partial charge is 0.328 e. The predicted octanol–water partition coefficient (Wildman–Crippen LogP) is 1.62. The van der Waals surface area contributed by atoms with Gasteiger partial charge in [-0.25, -0.2) is 0 Å². The van der Waals surface area contributed by atoms with E-state index in [-0.39, 0.29) is 0 Å². The Balaban J connectivity index is 2.61. The molecule has 0 radical (unpaired) electrons. The lowest BCUT2D eigenvalue weighted by molar-refractivity contribution is 0.239. The maximum Gasteiger partial charge on any atom is 0.00707 e. The molecule has 3 heteroatoms. The summed E-state index contributed by atoms with van der Waals surface area (Å²) in [6.07, 6.45) is 3.54. The van der Waals surface area contributed by atoms with Crippen LogP contribution in [0.2, 0.25) is 0 Å². The van der Waals surface area contributed by atoms with Crippen LogP contribution in [0.4, 0.5) is 0 Å². The molecule has 2 N–H and O–H groups in total. The third-order valence-corrected chi connectivity index (χ3v) is 3.42. The van der Waals surface area contributed by atoms with Crippen molar-refractivity contribution in [3.8, 4) is 0 Å². The molecule has 1 aliphatic heterocycles. The summed E-state index contributed by atoms with van der Waals surface area (Å²) in [6, 6.07) is 0.403. The standard InChI is InChI=1S/C9H21N2P/c1-3-9(2)6-8(10)4-5-11(12)7-9/h8H,3-7,10,12H2,1-2H3. The average molecular weight is 188 g/mol. The highest BCUT2D eigenvalue weighted by atomic mass is 31.0. The maximum absolute atomic E-state index is 6.01. The zero-order valence-corrected chi connectivity index (χ0v) is 9.37. The van der Waals surface area contributed by atoms with Gasteiger partial charge in [-0.1, -0.05) is 23.2 Å². The molecule has 0 spiro atoms. The molecule has 1 aliphatic rings. The van der Waals surface area contributed by atoms with Crippen LogP contribution in [0.25, 0.3) is 0 Å². The smallest absolute Gasteiger partial charge is 0.00707 e. The lowest BCUT2D eigenvalue weighted by Gasteiger charge is -2.30. The summed E-state index contributed by atoms with van der Waals surface area (Å²) < 4.78 is 2.33. The zero-order chi connectivity index (χ0) is 9.19. The third-order valence-electron chi connectivity index (χ3n) is 2.98. The first-order valence-corrected chi connectivity index (χ1v) is 5.32. The topological polar surface area (TPSA) is 29.3 Å². The predicted molar refractivity (Wildman–Crippen MR) is 56.9 cm³/mol. The van der Waals surface area contributed by atoms with Gasteiger partial charge in [-0.05, 0) is 24.7 Å². The molecule has 0 saturated carbocycles. The van der Waals surface area contributed by atoms with E-state index in [2.05, 4.69) is 27.9 Å². The second-order valence-electron chi connectivity index (χ2n) is 4.39. The van der Waals surface area contributed by atoms with E-state index < -0.39 is 0 Å². The highest BCUT2D eigenvalue weighted by Crippen LogP contribution is 2.32. The van der Waals surface area contributed by atoms with Gasteiger partial charge >= 0.3 is 0 Å². The van der Waals surface area contributed by atoms with Gasteiger partial charge in [-0.3, -0.25) is 4.67 Å². The van der Waals surface area contributed by atoms with Crippen molar-refractivity contribution in [3.63, 3.8) is 0 Å². The minimum atomic E-state index is 0.403. The Hall–Kier alpha value is 0.350. The fourth-order valence-electron chi connectivity index (χ4n) is 1.96. The van der Waals surface area contributed by atoms with Crippen LogP contribution in [-0.2, 0) is 0 Å². The number of nitrogens with zero attached hydrogens (tertiary/aromatic N) is 1. The van der Waals surface area contributed by atoms with E-state index in [1.165, 1.54) is 19.4 Å². The van der Waals surface area contributed by atoms with Gasteiger partial charge < -0.3 is 5.73 Å². The minimum absolute atomic E-state index is 0.403. The molecule has 0 aromatic rings. The molecule has 3 unspecified atom stereocenters. The van der Waals surface area contributed by atoms with E-state index in [4.69, 9.17) is 5.73 Å². The van der Waals surface area contributed by atoms with E-state index >= 15 is 0 Å². The molecule has 1 saturated heterocycles. The number of hydrogen-bond donors (Lipinski definition) is 1. The first-order valence-electron chi connectivity index (χ1n) is 4.81. The van der Waals surface area contributed by atoms with Gasteiger partial charge in [-0.15, -0.1) is 0 Å². The third kappa shape index (κ3) is 2.69. The number of hydrogen-bond acceptors (Lipinski definition) is 2. The Morgan fingerprint density at radius 2 is 2.33 bits per heavy atom. The van der Waals surface area contributed by atoms with E-state index in [9.17, 15) is 0 Å². The first kappa shape index (κ1) is 10.4. The molecule has 1 heterocycles. The van der Waals surface area contributed by atoms with Crippen LogP contribution in [0.5, 0.6) is 0 Å². The Bertz CT molecular complexity index is 137. The van der Waals surface area contributed by atoms with E-state index in [0.29, 0.717) is 11.5 Å². The van der Waals surface area contributed by atoms with Crippen LogP contribution in [0.3, 0.4) is 0 Å². The summed E-state index contributed by atoms with van der Waals surface area (Å²) in [4.78, 5) is 0. The van der Waals surface area contributed by atoms with Crippen molar-refractivity contribution >= 4 is 9.39 Å². The lowest BCUT2D eigenvalue weighted by Crippen LogP contribution is -2.31. The van der Waals surface area contributed by atoms with Gasteiger partial charge in [0.15, 0.2) is 0 Å².